The molecule has 0 saturated carbocycles. The molecule has 0 unspecified atom stereocenters. The Kier molecular flexibility index (Phi) is 11.8. The number of hydrogen-bond donors (Lipinski definition) is 3. The number of amides is 1. The lowest BCUT2D eigenvalue weighted by atomic mass is 10.0. The van der Waals surface area contributed by atoms with E-state index >= 15 is 0 Å². The lowest BCUT2D eigenvalue weighted by Gasteiger charge is -2.21. The van der Waals surface area contributed by atoms with Gasteiger partial charge in [-0.05, 0) is 49.8 Å². The fourth-order valence-corrected chi connectivity index (χ4v) is 3.14. The first kappa shape index (κ1) is 24.1. The number of halogens is 1. The Morgan fingerprint density at radius 3 is 2.80 bits per heavy atom. The first-order valence-electron chi connectivity index (χ1n) is 10.9. The molecule has 0 spiro atoms. The van der Waals surface area contributed by atoms with Crippen LogP contribution < -0.4 is 16.0 Å². The summed E-state index contributed by atoms with van der Waals surface area (Å²) >= 11 is 0. The maximum absolute atomic E-state index is 13.2. The van der Waals surface area contributed by atoms with Gasteiger partial charge in [-0.2, -0.15) is 0 Å². The van der Waals surface area contributed by atoms with Crippen LogP contribution in [0.5, 0.6) is 0 Å². The number of carbonyl (C=O) groups excluding carboxylic acids is 1. The minimum absolute atomic E-state index is 0.133. The van der Waals surface area contributed by atoms with Crippen LogP contribution in [0.4, 0.5) is 4.39 Å². The van der Waals surface area contributed by atoms with E-state index in [4.69, 9.17) is 9.47 Å². The highest BCUT2D eigenvalue weighted by molar-refractivity contribution is 5.80. The summed E-state index contributed by atoms with van der Waals surface area (Å²) in [6.45, 7) is 7.68. The highest BCUT2D eigenvalue weighted by Gasteiger charge is 2.13. The van der Waals surface area contributed by atoms with Crippen molar-refractivity contribution in [3.8, 4) is 0 Å². The van der Waals surface area contributed by atoms with E-state index in [9.17, 15) is 9.18 Å². The summed E-state index contributed by atoms with van der Waals surface area (Å²) in [6, 6.07) is 6.09. The molecule has 168 valence electrons. The van der Waals surface area contributed by atoms with Crippen molar-refractivity contribution in [2.75, 3.05) is 52.6 Å². The first-order chi connectivity index (χ1) is 14.7. The number of carbonyl (C=O) groups is 1. The zero-order valence-electron chi connectivity index (χ0n) is 17.9. The molecule has 1 aliphatic heterocycles. The molecule has 1 aromatic carbocycles. The Morgan fingerprint density at radius 2 is 2.03 bits per heavy atom. The molecule has 1 aliphatic rings. The van der Waals surface area contributed by atoms with Gasteiger partial charge in [-0.3, -0.25) is 9.79 Å². The monoisotopic (exact) mass is 422 g/mol. The molecule has 0 aromatic heterocycles. The van der Waals surface area contributed by atoms with Crippen LogP contribution in [-0.4, -0.2) is 64.5 Å². The lowest BCUT2D eigenvalue weighted by Crippen LogP contribution is -2.41. The molecule has 1 heterocycles. The molecule has 8 heteroatoms. The average molecular weight is 423 g/mol. The van der Waals surface area contributed by atoms with Gasteiger partial charge in [-0.1, -0.05) is 12.1 Å². The van der Waals surface area contributed by atoms with Gasteiger partial charge >= 0.3 is 0 Å². The van der Waals surface area contributed by atoms with Gasteiger partial charge in [-0.25, -0.2) is 4.39 Å². The predicted octanol–water partition coefficient (Wildman–Crippen LogP) is 1.87. The van der Waals surface area contributed by atoms with Crippen molar-refractivity contribution in [2.24, 2.45) is 10.9 Å². The minimum Gasteiger partial charge on any atom is -0.381 e. The fraction of sp³-hybridized carbons (Fsp3) is 0.636. The lowest BCUT2D eigenvalue weighted by molar-refractivity contribution is -0.120. The average Bonchev–Trinajstić information content (AvgIpc) is 2.74. The van der Waals surface area contributed by atoms with Crippen molar-refractivity contribution in [1.29, 1.82) is 0 Å². The summed E-state index contributed by atoms with van der Waals surface area (Å²) in [5.41, 5.74) is 0.661. The number of ether oxygens (including phenoxy) is 2. The van der Waals surface area contributed by atoms with Gasteiger partial charge in [0.1, 0.15) is 5.82 Å². The Labute approximate surface area is 178 Å². The smallest absolute Gasteiger partial charge is 0.224 e. The topological polar surface area (TPSA) is 84.0 Å². The van der Waals surface area contributed by atoms with E-state index in [2.05, 4.69) is 20.9 Å². The van der Waals surface area contributed by atoms with Gasteiger partial charge in [0.05, 0.1) is 6.42 Å². The van der Waals surface area contributed by atoms with E-state index in [1.54, 1.807) is 12.1 Å². The normalized spacial score (nSPS) is 15.1. The van der Waals surface area contributed by atoms with E-state index < -0.39 is 0 Å². The number of nitrogens with zero attached hydrogens (tertiary/aromatic N) is 1. The third-order valence-electron chi connectivity index (χ3n) is 4.75. The Bertz CT molecular complexity index is 651. The number of aliphatic imine (C=N–C) groups is 1. The van der Waals surface area contributed by atoms with Crippen LogP contribution >= 0.6 is 0 Å². The molecule has 0 radical (unpaired) electrons. The molecular weight excluding hydrogens is 387 g/mol. The molecule has 0 bridgehead atoms. The second-order valence-corrected chi connectivity index (χ2v) is 7.33. The number of benzene rings is 1. The predicted molar refractivity (Wildman–Crippen MR) is 116 cm³/mol. The zero-order valence-corrected chi connectivity index (χ0v) is 17.9. The Morgan fingerprint density at radius 1 is 1.23 bits per heavy atom. The van der Waals surface area contributed by atoms with Crippen molar-refractivity contribution in [3.05, 3.63) is 35.6 Å². The van der Waals surface area contributed by atoms with Gasteiger partial charge in [0.2, 0.25) is 5.91 Å². The van der Waals surface area contributed by atoms with Crippen LogP contribution in [0, 0.1) is 11.7 Å². The SMILES string of the molecule is CCNC(=NCCCOCC1CCOCC1)NCCNC(=O)Cc1cccc(F)c1. The van der Waals surface area contributed by atoms with Crippen LogP contribution in [0.15, 0.2) is 29.3 Å². The summed E-state index contributed by atoms with van der Waals surface area (Å²) in [5, 5.41) is 9.22. The molecule has 0 atom stereocenters. The van der Waals surface area contributed by atoms with E-state index in [1.165, 1.54) is 12.1 Å². The van der Waals surface area contributed by atoms with Crippen LogP contribution in [-0.2, 0) is 20.7 Å². The fourth-order valence-electron chi connectivity index (χ4n) is 3.14. The molecule has 1 aromatic rings. The van der Waals surface area contributed by atoms with Crippen LogP contribution in [0.25, 0.3) is 0 Å². The van der Waals surface area contributed by atoms with Crippen molar-refractivity contribution in [3.63, 3.8) is 0 Å². The van der Waals surface area contributed by atoms with Crippen molar-refractivity contribution in [1.82, 2.24) is 16.0 Å². The Hall–Kier alpha value is -2.19. The third kappa shape index (κ3) is 10.5. The summed E-state index contributed by atoms with van der Waals surface area (Å²) in [5.74, 6) is 0.882. The second-order valence-electron chi connectivity index (χ2n) is 7.33. The highest BCUT2D eigenvalue weighted by Crippen LogP contribution is 2.14. The van der Waals surface area contributed by atoms with Gasteiger partial charge < -0.3 is 25.4 Å². The van der Waals surface area contributed by atoms with E-state index in [0.717, 1.165) is 51.6 Å². The number of guanidine groups is 1. The Balaban J connectivity index is 1.55. The maximum Gasteiger partial charge on any atom is 0.224 e. The van der Waals surface area contributed by atoms with Crippen LogP contribution in [0.1, 0.15) is 31.7 Å². The summed E-state index contributed by atoms with van der Waals surface area (Å²) in [6.07, 6.45) is 3.21. The molecule has 30 heavy (non-hydrogen) atoms. The van der Waals surface area contributed by atoms with Gasteiger partial charge in [-0.15, -0.1) is 0 Å². The minimum atomic E-state index is -0.331. The summed E-state index contributed by atoms with van der Waals surface area (Å²) in [7, 11) is 0. The first-order valence-corrected chi connectivity index (χ1v) is 10.9. The largest absolute Gasteiger partial charge is 0.381 e. The number of rotatable bonds is 12. The van der Waals surface area contributed by atoms with E-state index in [1.807, 2.05) is 6.92 Å². The number of nitrogens with one attached hydrogen (secondary N) is 3. The quantitative estimate of drug-likeness (QED) is 0.272. The van der Waals surface area contributed by atoms with Crippen LogP contribution in [0.2, 0.25) is 0 Å². The van der Waals surface area contributed by atoms with Crippen molar-refractivity contribution in [2.45, 2.75) is 32.6 Å². The molecule has 3 N–H and O–H groups in total. The van der Waals surface area contributed by atoms with E-state index in [-0.39, 0.29) is 18.1 Å². The summed E-state index contributed by atoms with van der Waals surface area (Å²) in [4.78, 5) is 16.5. The molecule has 1 fully saturated rings. The standard InChI is InChI=1S/C22H35FN4O3/c1-2-24-22(26-9-4-12-30-17-18-7-13-29-14-8-18)27-11-10-25-21(28)16-19-5-3-6-20(23)15-19/h3,5-6,15,18H,2,4,7-14,16-17H2,1H3,(H,25,28)(H2,24,26,27). The van der Waals surface area contributed by atoms with Gasteiger partial charge in [0.25, 0.3) is 0 Å². The van der Waals surface area contributed by atoms with Crippen molar-refractivity contribution < 1.29 is 18.7 Å². The molecular formula is C22H35FN4O3. The zero-order chi connectivity index (χ0) is 21.4. The molecule has 1 amide bonds. The molecule has 1 saturated heterocycles. The van der Waals surface area contributed by atoms with E-state index in [0.29, 0.717) is 37.7 Å². The second kappa shape index (κ2) is 14.7. The van der Waals surface area contributed by atoms with Crippen LogP contribution in [0.3, 0.4) is 0 Å². The molecule has 7 nitrogen and oxygen atoms in total. The molecule has 0 aliphatic carbocycles. The third-order valence-corrected chi connectivity index (χ3v) is 4.75. The number of hydrogen-bond acceptors (Lipinski definition) is 4. The highest BCUT2D eigenvalue weighted by atomic mass is 19.1. The van der Waals surface area contributed by atoms with Gasteiger partial charge in [0, 0.05) is 52.6 Å². The van der Waals surface area contributed by atoms with Gasteiger partial charge in [0.15, 0.2) is 5.96 Å². The summed E-state index contributed by atoms with van der Waals surface area (Å²) < 4.78 is 24.3. The molecule has 2 rings (SSSR count). The van der Waals surface area contributed by atoms with Crippen molar-refractivity contribution >= 4 is 11.9 Å². The maximum atomic E-state index is 13.2.